The number of nitrogens with zero attached hydrogens (tertiary/aromatic N) is 1. The summed E-state index contributed by atoms with van der Waals surface area (Å²) in [6, 6.07) is 5.97. The molecule has 0 bridgehead atoms. The highest BCUT2D eigenvalue weighted by Crippen LogP contribution is 2.23. The summed E-state index contributed by atoms with van der Waals surface area (Å²) in [6.07, 6.45) is 2.60. The largest absolute Gasteiger partial charge is 0.385 e. The zero-order valence-corrected chi connectivity index (χ0v) is 11.7. The van der Waals surface area contributed by atoms with Crippen molar-refractivity contribution in [2.75, 3.05) is 11.9 Å². The van der Waals surface area contributed by atoms with Crippen molar-refractivity contribution < 1.29 is 4.79 Å². The molecule has 0 amide bonds. The lowest BCUT2D eigenvalue weighted by atomic mass is 9.98. The molecule has 0 spiro atoms. The SMILES string of the molecule is Cc1csc(CC(=O)c2ccc3c(c2)CCCN3)n1. The molecule has 3 rings (SSSR count). The smallest absolute Gasteiger partial charge is 0.169 e. The molecule has 0 aliphatic carbocycles. The molecule has 98 valence electrons. The molecule has 1 aromatic carbocycles. The van der Waals surface area contributed by atoms with E-state index in [1.165, 1.54) is 11.3 Å². The van der Waals surface area contributed by atoms with Crippen LogP contribution in [0.25, 0.3) is 0 Å². The number of hydrogen-bond donors (Lipinski definition) is 1. The van der Waals surface area contributed by atoms with Crippen molar-refractivity contribution in [2.45, 2.75) is 26.2 Å². The number of nitrogens with one attached hydrogen (secondary N) is 1. The summed E-state index contributed by atoms with van der Waals surface area (Å²) in [5.74, 6) is 0.155. The minimum Gasteiger partial charge on any atom is -0.385 e. The highest BCUT2D eigenvalue weighted by atomic mass is 32.1. The normalized spacial score (nSPS) is 13.7. The van der Waals surface area contributed by atoms with Gasteiger partial charge in [-0.25, -0.2) is 4.98 Å². The number of benzene rings is 1. The Balaban J connectivity index is 1.80. The van der Waals surface area contributed by atoms with Crippen LogP contribution in [0.5, 0.6) is 0 Å². The van der Waals surface area contributed by atoms with Crippen LogP contribution in [0.15, 0.2) is 23.6 Å². The summed E-state index contributed by atoms with van der Waals surface area (Å²) in [6.45, 7) is 2.98. The summed E-state index contributed by atoms with van der Waals surface area (Å²) >= 11 is 1.56. The molecule has 1 aliphatic rings. The highest BCUT2D eigenvalue weighted by Gasteiger charge is 2.14. The van der Waals surface area contributed by atoms with Gasteiger partial charge in [0.2, 0.25) is 0 Å². The Hall–Kier alpha value is -1.68. The monoisotopic (exact) mass is 272 g/mol. The van der Waals surface area contributed by atoms with Gasteiger partial charge in [0, 0.05) is 28.9 Å². The molecule has 4 heteroatoms. The summed E-state index contributed by atoms with van der Waals surface area (Å²) in [5, 5.41) is 6.25. The fourth-order valence-electron chi connectivity index (χ4n) is 2.37. The first-order valence-corrected chi connectivity index (χ1v) is 7.41. The second-order valence-electron chi connectivity index (χ2n) is 4.88. The average molecular weight is 272 g/mol. The van der Waals surface area contributed by atoms with Gasteiger partial charge < -0.3 is 5.32 Å². The number of Topliss-reactive ketones (excluding diaryl/α,β-unsaturated/α-hetero) is 1. The van der Waals surface area contributed by atoms with Crippen molar-refractivity contribution in [1.29, 1.82) is 0 Å². The molecule has 2 aromatic rings. The van der Waals surface area contributed by atoms with Crippen LogP contribution in [0.4, 0.5) is 5.69 Å². The number of aromatic nitrogens is 1. The lowest BCUT2D eigenvalue weighted by molar-refractivity contribution is 0.0993. The maximum atomic E-state index is 12.3. The fraction of sp³-hybridized carbons (Fsp3) is 0.333. The van der Waals surface area contributed by atoms with Crippen molar-refractivity contribution in [3.05, 3.63) is 45.4 Å². The maximum absolute atomic E-state index is 12.3. The first kappa shape index (κ1) is 12.4. The number of anilines is 1. The van der Waals surface area contributed by atoms with Crippen LogP contribution in [0.3, 0.4) is 0 Å². The van der Waals surface area contributed by atoms with Crippen LogP contribution in [0.2, 0.25) is 0 Å². The van der Waals surface area contributed by atoms with Crippen LogP contribution in [0.1, 0.15) is 33.0 Å². The Bertz CT molecular complexity index is 618. The molecule has 0 fully saturated rings. The summed E-state index contributed by atoms with van der Waals surface area (Å²) in [5.41, 5.74) is 4.22. The maximum Gasteiger partial charge on any atom is 0.169 e. The van der Waals surface area contributed by atoms with Gasteiger partial charge in [-0.3, -0.25) is 4.79 Å². The topological polar surface area (TPSA) is 42.0 Å². The van der Waals surface area contributed by atoms with Gasteiger partial charge in [-0.05, 0) is 43.5 Å². The first-order valence-electron chi connectivity index (χ1n) is 6.53. The lowest BCUT2D eigenvalue weighted by Gasteiger charge is -2.18. The van der Waals surface area contributed by atoms with E-state index < -0.39 is 0 Å². The molecule has 1 aliphatic heterocycles. The Morgan fingerprint density at radius 2 is 2.37 bits per heavy atom. The summed E-state index contributed by atoms with van der Waals surface area (Å²) < 4.78 is 0. The fourth-order valence-corrected chi connectivity index (χ4v) is 3.14. The van der Waals surface area contributed by atoms with Crippen LogP contribution >= 0.6 is 11.3 Å². The van der Waals surface area contributed by atoms with E-state index in [2.05, 4.69) is 10.3 Å². The molecule has 0 saturated heterocycles. The number of fused-ring (bicyclic) bond motifs is 1. The van der Waals surface area contributed by atoms with E-state index in [0.29, 0.717) is 6.42 Å². The number of aryl methyl sites for hydroxylation is 2. The van der Waals surface area contributed by atoms with Gasteiger partial charge in [0.25, 0.3) is 0 Å². The predicted molar refractivity (Wildman–Crippen MR) is 78.1 cm³/mol. The van der Waals surface area contributed by atoms with Crippen molar-refractivity contribution >= 4 is 22.8 Å². The van der Waals surface area contributed by atoms with E-state index in [0.717, 1.165) is 35.7 Å². The molecule has 1 aromatic heterocycles. The Morgan fingerprint density at radius 3 is 3.16 bits per heavy atom. The molecule has 3 nitrogen and oxygen atoms in total. The van der Waals surface area contributed by atoms with Crippen molar-refractivity contribution in [2.24, 2.45) is 0 Å². The van der Waals surface area contributed by atoms with Crippen molar-refractivity contribution in [3.8, 4) is 0 Å². The number of carbonyl (C=O) groups is 1. The Labute approximate surface area is 116 Å². The van der Waals surface area contributed by atoms with E-state index in [4.69, 9.17) is 0 Å². The minimum atomic E-state index is 0.155. The van der Waals surface area contributed by atoms with E-state index in [-0.39, 0.29) is 5.78 Å². The quantitative estimate of drug-likeness (QED) is 0.872. The van der Waals surface area contributed by atoms with Crippen LogP contribution in [-0.4, -0.2) is 17.3 Å². The van der Waals surface area contributed by atoms with Gasteiger partial charge in [-0.2, -0.15) is 0 Å². The van der Waals surface area contributed by atoms with Gasteiger partial charge in [0.1, 0.15) is 5.01 Å². The zero-order chi connectivity index (χ0) is 13.2. The van der Waals surface area contributed by atoms with Gasteiger partial charge in [-0.1, -0.05) is 0 Å². The molecule has 0 radical (unpaired) electrons. The Morgan fingerprint density at radius 1 is 1.47 bits per heavy atom. The second kappa shape index (κ2) is 5.13. The molecule has 2 heterocycles. The number of rotatable bonds is 3. The van der Waals surface area contributed by atoms with E-state index >= 15 is 0 Å². The van der Waals surface area contributed by atoms with E-state index in [9.17, 15) is 4.79 Å². The standard InChI is InChI=1S/C15H16N2OS/c1-10-9-19-15(17-10)8-14(18)12-4-5-13-11(7-12)3-2-6-16-13/h4-5,7,9,16H,2-3,6,8H2,1H3. The van der Waals surface area contributed by atoms with Gasteiger partial charge in [0.15, 0.2) is 5.78 Å². The molecule has 19 heavy (non-hydrogen) atoms. The Kier molecular flexibility index (Phi) is 3.34. The van der Waals surface area contributed by atoms with Crippen LogP contribution < -0.4 is 5.32 Å². The number of hydrogen-bond acceptors (Lipinski definition) is 4. The molecule has 0 atom stereocenters. The van der Waals surface area contributed by atoms with Crippen molar-refractivity contribution in [1.82, 2.24) is 4.98 Å². The zero-order valence-electron chi connectivity index (χ0n) is 10.9. The third-order valence-electron chi connectivity index (χ3n) is 3.34. The van der Waals surface area contributed by atoms with Crippen molar-refractivity contribution in [3.63, 3.8) is 0 Å². The van der Waals surface area contributed by atoms with Crippen LogP contribution in [-0.2, 0) is 12.8 Å². The molecule has 0 saturated carbocycles. The average Bonchev–Trinajstić information content (AvgIpc) is 2.83. The number of ketones is 1. The van der Waals surface area contributed by atoms with Gasteiger partial charge >= 0.3 is 0 Å². The van der Waals surface area contributed by atoms with Crippen LogP contribution in [0, 0.1) is 6.92 Å². The van der Waals surface area contributed by atoms with Gasteiger partial charge in [-0.15, -0.1) is 11.3 Å². The summed E-state index contributed by atoms with van der Waals surface area (Å²) in [7, 11) is 0. The lowest BCUT2D eigenvalue weighted by Crippen LogP contribution is -2.13. The summed E-state index contributed by atoms with van der Waals surface area (Å²) in [4.78, 5) is 16.6. The predicted octanol–water partition coefficient (Wildman–Crippen LogP) is 3.24. The van der Waals surface area contributed by atoms with E-state index in [1.54, 1.807) is 11.3 Å². The third kappa shape index (κ3) is 2.68. The number of carbonyl (C=O) groups excluding carboxylic acids is 1. The highest BCUT2D eigenvalue weighted by molar-refractivity contribution is 7.09. The first-order chi connectivity index (χ1) is 9.22. The second-order valence-corrected chi connectivity index (χ2v) is 5.83. The van der Waals surface area contributed by atoms with E-state index in [1.807, 2.05) is 30.5 Å². The molecular formula is C15H16N2OS. The third-order valence-corrected chi connectivity index (χ3v) is 4.31. The van der Waals surface area contributed by atoms with Gasteiger partial charge in [0.05, 0.1) is 6.42 Å². The number of thiazole rings is 1. The molecular weight excluding hydrogens is 256 g/mol. The molecule has 0 unspecified atom stereocenters. The molecule has 1 N–H and O–H groups in total. The minimum absolute atomic E-state index is 0.155.